The lowest BCUT2D eigenvalue weighted by Crippen LogP contribution is -2.29. The van der Waals surface area contributed by atoms with Crippen LogP contribution in [-0.4, -0.2) is 43.6 Å². The summed E-state index contributed by atoms with van der Waals surface area (Å²) in [4.78, 5) is 7.35. The van der Waals surface area contributed by atoms with Crippen molar-refractivity contribution in [3.05, 3.63) is 24.0 Å². The Morgan fingerprint density at radius 2 is 2.23 bits per heavy atom. The number of piperidine rings is 1. The fourth-order valence-corrected chi connectivity index (χ4v) is 3.42. The molecule has 0 radical (unpaired) electrons. The van der Waals surface area contributed by atoms with E-state index in [2.05, 4.69) is 37.1 Å². The molecule has 0 saturated carbocycles. The molecule has 22 heavy (non-hydrogen) atoms. The van der Waals surface area contributed by atoms with Crippen molar-refractivity contribution in [1.82, 2.24) is 30.0 Å². The van der Waals surface area contributed by atoms with E-state index in [9.17, 15) is 0 Å². The number of hydrogen-bond acceptors (Lipinski definition) is 5. The second kappa shape index (κ2) is 9.39. The number of nitrogens with one attached hydrogen (secondary N) is 2. The molecule has 0 aliphatic carbocycles. The SMILES string of the molecule is Cl.Cl.Cn1c(SCCc2ncc[nH]2)nnc1C1CCCNC1. The summed E-state index contributed by atoms with van der Waals surface area (Å²) in [7, 11) is 2.07. The summed E-state index contributed by atoms with van der Waals surface area (Å²) >= 11 is 1.74. The van der Waals surface area contributed by atoms with E-state index in [1.807, 2.05) is 6.20 Å². The van der Waals surface area contributed by atoms with Gasteiger partial charge < -0.3 is 14.9 Å². The number of imidazole rings is 1. The fraction of sp³-hybridized carbons (Fsp3) is 0.615. The Morgan fingerprint density at radius 1 is 1.36 bits per heavy atom. The van der Waals surface area contributed by atoms with Gasteiger partial charge in [-0.2, -0.15) is 0 Å². The van der Waals surface area contributed by atoms with Crippen LogP contribution in [0.1, 0.15) is 30.4 Å². The zero-order valence-electron chi connectivity index (χ0n) is 12.5. The first-order valence-corrected chi connectivity index (χ1v) is 8.04. The lowest BCUT2D eigenvalue weighted by molar-refractivity contribution is 0.436. The Hall–Kier alpha value is -0.760. The molecule has 9 heteroatoms. The summed E-state index contributed by atoms with van der Waals surface area (Å²) in [6, 6.07) is 0. The topological polar surface area (TPSA) is 71.4 Å². The highest BCUT2D eigenvalue weighted by Gasteiger charge is 2.21. The van der Waals surface area contributed by atoms with Crippen LogP contribution < -0.4 is 5.32 Å². The number of nitrogens with zero attached hydrogens (tertiary/aromatic N) is 4. The average molecular weight is 365 g/mol. The summed E-state index contributed by atoms with van der Waals surface area (Å²) < 4.78 is 2.14. The van der Waals surface area contributed by atoms with Crippen LogP contribution in [-0.2, 0) is 13.5 Å². The van der Waals surface area contributed by atoms with Crippen molar-refractivity contribution in [2.45, 2.75) is 30.3 Å². The molecule has 3 heterocycles. The highest BCUT2D eigenvalue weighted by molar-refractivity contribution is 7.99. The van der Waals surface area contributed by atoms with Crippen LogP contribution in [0.2, 0.25) is 0 Å². The maximum Gasteiger partial charge on any atom is 0.190 e. The fourth-order valence-electron chi connectivity index (χ4n) is 2.55. The number of aryl methyl sites for hydroxylation is 1. The summed E-state index contributed by atoms with van der Waals surface area (Å²) in [5, 5.41) is 13.1. The summed E-state index contributed by atoms with van der Waals surface area (Å²) in [6.45, 7) is 2.14. The first-order chi connectivity index (χ1) is 9.84. The third kappa shape index (κ3) is 4.62. The van der Waals surface area contributed by atoms with E-state index < -0.39 is 0 Å². The first kappa shape index (κ1) is 19.3. The van der Waals surface area contributed by atoms with Gasteiger partial charge in [0, 0.05) is 44.1 Å². The maximum absolute atomic E-state index is 4.38. The van der Waals surface area contributed by atoms with Crippen molar-refractivity contribution in [3.8, 4) is 0 Å². The van der Waals surface area contributed by atoms with Gasteiger partial charge in [0.2, 0.25) is 0 Å². The smallest absolute Gasteiger partial charge is 0.190 e. The molecule has 2 aromatic heterocycles. The van der Waals surface area contributed by atoms with Crippen LogP contribution in [0.4, 0.5) is 0 Å². The number of aromatic amines is 1. The van der Waals surface area contributed by atoms with Crippen LogP contribution in [0.25, 0.3) is 0 Å². The van der Waals surface area contributed by atoms with Crippen molar-refractivity contribution in [3.63, 3.8) is 0 Å². The standard InChI is InChI=1S/C13H20N6S.2ClH/c1-19-12(10-3-2-5-14-9-10)17-18-13(19)20-8-4-11-15-6-7-16-11;;/h6-7,10,14H,2-5,8-9H2,1H3,(H,15,16);2*1H. The molecule has 0 bridgehead atoms. The zero-order valence-corrected chi connectivity index (χ0v) is 14.9. The Morgan fingerprint density at radius 3 is 2.91 bits per heavy atom. The van der Waals surface area contributed by atoms with E-state index in [4.69, 9.17) is 0 Å². The van der Waals surface area contributed by atoms with E-state index in [1.54, 1.807) is 18.0 Å². The molecule has 0 amide bonds. The van der Waals surface area contributed by atoms with Crippen molar-refractivity contribution in [2.24, 2.45) is 7.05 Å². The normalized spacial score (nSPS) is 17.6. The highest BCUT2D eigenvalue weighted by Crippen LogP contribution is 2.24. The van der Waals surface area contributed by atoms with Gasteiger partial charge in [0.05, 0.1) is 0 Å². The van der Waals surface area contributed by atoms with Gasteiger partial charge in [-0.25, -0.2) is 4.98 Å². The highest BCUT2D eigenvalue weighted by atomic mass is 35.5. The minimum atomic E-state index is 0. The molecule has 0 aromatic carbocycles. The van der Waals surface area contributed by atoms with Gasteiger partial charge in [0.1, 0.15) is 11.6 Å². The summed E-state index contributed by atoms with van der Waals surface area (Å²) in [5.74, 6) is 3.59. The van der Waals surface area contributed by atoms with Crippen molar-refractivity contribution < 1.29 is 0 Å². The van der Waals surface area contributed by atoms with Gasteiger partial charge in [-0.1, -0.05) is 11.8 Å². The Kier molecular flexibility index (Phi) is 8.24. The summed E-state index contributed by atoms with van der Waals surface area (Å²) in [5.41, 5.74) is 0. The van der Waals surface area contributed by atoms with E-state index >= 15 is 0 Å². The summed E-state index contributed by atoms with van der Waals surface area (Å²) in [6.07, 6.45) is 6.99. The molecule has 3 rings (SSSR count). The van der Waals surface area contributed by atoms with Gasteiger partial charge in [-0.3, -0.25) is 0 Å². The molecule has 1 unspecified atom stereocenters. The molecule has 124 valence electrons. The van der Waals surface area contributed by atoms with Gasteiger partial charge >= 0.3 is 0 Å². The molecule has 1 aliphatic rings. The van der Waals surface area contributed by atoms with E-state index in [-0.39, 0.29) is 24.8 Å². The van der Waals surface area contributed by atoms with Crippen LogP contribution in [0.3, 0.4) is 0 Å². The van der Waals surface area contributed by atoms with Crippen LogP contribution >= 0.6 is 36.6 Å². The van der Waals surface area contributed by atoms with Gasteiger partial charge in [-0.05, 0) is 19.4 Å². The molecule has 6 nitrogen and oxygen atoms in total. The molecule has 1 aliphatic heterocycles. The Labute approximate surface area is 147 Å². The third-order valence-electron chi connectivity index (χ3n) is 3.66. The zero-order chi connectivity index (χ0) is 13.8. The first-order valence-electron chi connectivity index (χ1n) is 7.05. The van der Waals surface area contributed by atoms with Crippen LogP contribution in [0.5, 0.6) is 0 Å². The lowest BCUT2D eigenvalue weighted by Gasteiger charge is -2.21. The maximum atomic E-state index is 4.38. The van der Waals surface area contributed by atoms with Crippen LogP contribution in [0, 0.1) is 0 Å². The third-order valence-corrected chi connectivity index (χ3v) is 4.68. The largest absolute Gasteiger partial charge is 0.349 e. The van der Waals surface area contributed by atoms with Gasteiger partial charge in [-0.15, -0.1) is 35.0 Å². The lowest BCUT2D eigenvalue weighted by atomic mass is 9.99. The molecular formula is C13H22Cl2N6S. The van der Waals surface area contributed by atoms with Crippen molar-refractivity contribution >= 4 is 36.6 Å². The average Bonchev–Trinajstić information content (AvgIpc) is 3.11. The van der Waals surface area contributed by atoms with Crippen molar-refractivity contribution in [1.29, 1.82) is 0 Å². The number of aromatic nitrogens is 5. The number of hydrogen-bond donors (Lipinski definition) is 2. The number of rotatable bonds is 5. The second-order valence-corrected chi connectivity index (χ2v) is 6.14. The minimum absolute atomic E-state index is 0. The molecule has 1 atom stereocenters. The molecule has 1 fully saturated rings. The monoisotopic (exact) mass is 364 g/mol. The molecule has 1 saturated heterocycles. The molecule has 0 spiro atoms. The van der Waals surface area contributed by atoms with Gasteiger partial charge in [0.25, 0.3) is 0 Å². The molecule has 2 aromatic rings. The predicted molar refractivity (Wildman–Crippen MR) is 93.4 cm³/mol. The number of halogens is 2. The Bertz CT molecular complexity index is 539. The van der Waals surface area contributed by atoms with E-state index in [0.717, 1.165) is 42.1 Å². The van der Waals surface area contributed by atoms with E-state index in [0.29, 0.717) is 5.92 Å². The van der Waals surface area contributed by atoms with Crippen LogP contribution in [0.15, 0.2) is 17.6 Å². The second-order valence-electron chi connectivity index (χ2n) is 5.08. The molecular weight excluding hydrogens is 343 g/mol. The Balaban J connectivity index is 0.00000121. The van der Waals surface area contributed by atoms with E-state index in [1.165, 1.54) is 12.8 Å². The van der Waals surface area contributed by atoms with Gasteiger partial charge in [0.15, 0.2) is 5.16 Å². The molecule has 2 N–H and O–H groups in total. The number of H-pyrrole nitrogens is 1. The predicted octanol–water partition coefficient (Wildman–Crippen LogP) is 2.18. The minimum Gasteiger partial charge on any atom is -0.349 e. The number of thioether (sulfide) groups is 1. The van der Waals surface area contributed by atoms with Crippen molar-refractivity contribution in [2.75, 3.05) is 18.8 Å². The quantitative estimate of drug-likeness (QED) is 0.795.